The molecule has 3 rings (SSSR count). The molecule has 0 atom stereocenters. The minimum atomic E-state index is 0.458. The van der Waals surface area contributed by atoms with E-state index in [-0.39, 0.29) is 0 Å². The van der Waals surface area contributed by atoms with Gasteiger partial charge in [0.15, 0.2) is 5.76 Å². The number of thiocarbonyl (C=S) groups is 1. The number of nitrogens with one attached hydrogen (secondary N) is 1. The van der Waals surface area contributed by atoms with E-state index < -0.39 is 0 Å². The van der Waals surface area contributed by atoms with Crippen LogP contribution < -0.4 is 5.32 Å². The zero-order chi connectivity index (χ0) is 12.4. The predicted molar refractivity (Wildman–Crippen MR) is 71.1 cm³/mol. The molecule has 0 aliphatic carbocycles. The maximum atomic E-state index is 5.20. The summed E-state index contributed by atoms with van der Waals surface area (Å²) in [6.07, 6.45) is 1.59. The molecule has 90 valence electrons. The Bertz CT molecular complexity index is 674. The molecule has 0 saturated heterocycles. The van der Waals surface area contributed by atoms with Crippen molar-refractivity contribution in [3.8, 4) is 0 Å². The van der Waals surface area contributed by atoms with Gasteiger partial charge >= 0.3 is 0 Å². The van der Waals surface area contributed by atoms with E-state index in [0.29, 0.717) is 17.4 Å². The highest BCUT2D eigenvalue weighted by Gasteiger charge is 2.06. The number of rotatable bonds is 3. The van der Waals surface area contributed by atoms with Crippen LogP contribution in [0, 0.1) is 0 Å². The molecular weight excluding hydrogens is 248 g/mol. The van der Waals surface area contributed by atoms with Crippen molar-refractivity contribution in [2.24, 2.45) is 0 Å². The number of fused-ring (bicyclic) bond motifs is 1. The van der Waals surface area contributed by atoms with Gasteiger partial charge in [-0.1, -0.05) is 29.6 Å². The fourth-order valence-electron chi connectivity index (χ4n) is 1.68. The van der Waals surface area contributed by atoms with Crippen molar-refractivity contribution in [1.82, 2.24) is 20.3 Å². The fraction of sp³-hybridized carbons (Fsp3) is 0.0833. The summed E-state index contributed by atoms with van der Waals surface area (Å²) in [7, 11) is 0. The number of benzene rings is 1. The number of nitrogens with zero attached hydrogens (tertiary/aromatic N) is 3. The lowest BCUT2D eigenvalue weighted by Gasteiger charge is -2.05. The molecule has 2 heterocycles. The molecular formula is C12H10N4OS. The second kappa shape index (κ2) is 4.58. The first-order chi connectivity index (χ1) is 8.84. The van der Waals surface area contributed by atoms with Crippen molar-refractivity contribution in [3.05, 3.63) is 48.4 Å². The number of hydrogen-bond donors (Lipinski definition) is 1. The molecule has 6 heteroatoms. The fourth-order valence-corrected chi connectivity index (χ4v) is 1.86. The molecule has 1 N–H and O–H groups in total. The van der Waals surface area contributed by atoms with Gasteiger partial charge in [-0.05, 0) is 24.3 Å². The Hall–Kier alpha value is -2.21. The SMILES string of the molecule is S=C(NCn1nnc2ccccc21)c1ccco1. The van der Waals surface area contributed by atoms with E-state index in [2.05, 4.69) is 15.6 Å². The molecule has 0 saturated carbocycles. The minimum Gasteiger partial charge on any atom is -0.462 e. The topological polar surface area (TPSA) is 55.9 Å². The molecule has 0 fully saturated rings. The normalized spacial score (nSPS) is 10.7. The summed E-state index contributed by atoms with van der Waals surface area (Å²) < 4.78 is 6.96. The van der Waals surface area contributed by atoms with Gasteiger partial charge in [0.2, 0.25) is 0 Å². The molecule has 0 bridgehead atoms. The Kier molecular flexibility index (Phi) is 2.77. The Morgan fingerprint density at radius 2 is 2.17 bits per heavy atom. The summed E-state index contributed by atoms with van der Waals surface area (Å²) in [5.41, 5.74) is 1.83. The molecule has 2 aromatic heterocycles. The summed E-state index contributed by atoms with van der Waals surface area (Å²) in [6, 6.07) is 11.4. The van der Waals surface area contributed by atoms with Gasteiger partial charge < -0.3 is 9.73 Å². The Morgan fingerprint density at radius 3 is 3.00 bits per heavy atom. The van der Waals surface area contributed by atoms with Crippen molar-refractivity contribution >= 4 is 28.2 Å². The summed E-state index contributed by atoms with van der Waals surface area (Å²) in [5.74, 6) is 0.648. The van der Waals surface area contributed by atoms with Crippen molar-refractivity contribution < 1.29 is 4.42 Å². The quantitative estimate of drug-likeness (QED) is 0.728. The molecule has 0 spiro atoms. The van der Waals surface area contributed by atoms with Crippen LogP contribution in [0.2, 0.25) is 0 Å². The monoisotopic (exact) mass is 258 g/mol. The first-order valence-corrected chi connectivity index (χ1v) is 5.85. The Labute approximate surface area is 108 Å². The van der Waals surface area contributed by atoms with Crippen LogP contribution in [0.3, 0.4) is 0 Å². The van der Waals surface area contributed by atoms with Gasteiger partial charge in [0.05, 0.1) is 11.8 Å². The summed E-state index contributed by atoms with van der Waals surface area (Å²) in [4.78, 5) is 0.555. The number of furan rings is 1. The van der Waals surface area contributed by atoms with Gasteiger partial charge in [-0.15, -0.1) is 5.10 Å². The summed E-state index contributed by atoms with van der Waals surface area (Å²) in [5, 5.41) is 11.2. The van der Waals surface area contributed by atoms with Crippen LogP contribution in [0.5, 0.6) is 0 Å². The van der Waals surface area contributed by atoms with E-state index in [4.69, 9.17) is 16.6 Å². The molecule has 0 aliphatic rings. The highest BCUT2D eigenvalue weighted by molar-refractivity contribution is 7.80. The van der Waals surface area contributed by atoms with Crippen LogP contribution >= 0.6 is 12.2 Å². The van der Waals surface area contributed by atoms with Gasteiger partial charge in [0, 0.05) is 0 Å². The van der Waals surface area contributed by atoms with E-state index in [0.717, 1.165) is 11.0 Å². The smallest absolute Gasteiger partial charge is 0.160 e. The molecule has 0 radical (unpaired) electrons. The molecule has 18 heavy (non-hydrogen) atoms. The first kappa shape index (κ1) is 10.9. The Balaban J connectivity index is 1.76. The number of aromatic nitrogens is 3. The highest BCUT2D eigenvalue weighted by Crippen LogP contribution is 2.09. The van der Waals surface area contributed by atoms with Gasteiger partial charge in [-0.25, -0.2) is 4.68 Å². The van der Waals surface area contributed by atoms with Gasteiger partial charge in [0.25, 0.3) is 0 Å². The number of para-hydroxylation sites is 1. The number of hydrogen-bond acceptors (Lipinski definition) is 4. The molecule has 5 nitrogen and oxygen atoms in total. The van der Waals surface area contributed by atoms with Crippen LogP contribution in [0.15, 0.2) is 47.1 Å². The lowest BCUT2D eigenvalue weighted by atomic mass is 10.3. The predicted octanol–water partition coefficient (Wildman–Crippen LogP) is 1.95. The van der Waals surface area contributed by atoms with Crippen LogP contribution in [0.1, 0.15) is 5.76 Å². The second-order valence-electron chi connectivity index (χ2n) is 3.72. The van der Waals surface area contributed by atoms with Crippen molar-refractivity contribution in [2.75, 3.05) is 0 Å². The third-order valence-electron chi connectivity index (χ3n) is 2.55. The average molecular weight is 258 g/mol. The Morgan fingerprint density at radius 1 is 1.28 bits per heavy atom. The zero-order valence-corrected chi connectivity index (χ0v) is 10.2. The van der Waals surface area contributed by atoms with E-state index in [1.807, 2.05) is 30.3 Å². The van der Waals surface area contributed by atoms with E-state index in [1.54, 1.807) is 17.0 Å². The van der Waals surface area contributed by atoms with Crippen molar-refractivity contribution in [1.29, 1.82) is 0 Å². The third-order valence-corrected chi connectivity index (χ3v) is 2.90. The van der Waals surface area contributed by atoms with Crippen LogP contribution in [-0.4, -0.2) is 20.0 Å². The standard InChI is InChI=1S/C12H10N4OS/c18-12(11-6-3-7-17-11)13-8-16-10-5-2-1-4-9(10)14-15-16/h1-7H,8H2,(H,13,18). The third kappa shape index (κ3) is 1.98. The molecule has 0 aliphatic heterocycles. The lowest BCUT2D eigenvalue weighted by molar-refractivity contribution is 0.544. The van der Waals surface area contributed by atoms with Crippen LogP contribution in [-0.2, 0) is 6.67 Å². The van der Waals surface area contributed by atoms with Crippen molar-refractivity contribution in [3.63, 3.8) is 0 Å². The zero-order valence-electron chi connectivity index (χ0n) is 9.41. The average Bonchev–Trinajstić information content (AvgIpc) is 3.06. The van der Waals surface area contributed by atoms with E-state index in [1.165, 1.54) is 0 Å². The highest BCUT2D eigenvalue weighted by atomic mass is 32.1. The maximum Gasteiger partial charge on any atom is 0.160 e. The lowest BCUT2D eigenvalue weighted by Crippen LogP contribution is -2.25. The van der Waals surface area contributed by atoms with E-state index in [9.17, 15) is 0 Å². The molecule has 3 aromatic rings. The van der Waals surface area contributed by atoms with Gasteiger partial charge in [-0.3, -0.25) is 0 Å². The summed E-state index contributed by atoms with van der Waals surface area (Å²) in [6.45, 7) is 0.458. The largest absolute Gasteiger partial charge is 0.462 e. The molecule has 0 amide bonds. The maximum absolute atomic E-state index is 5.20. The van der Waals surface area contributed by atoms with Crippen molar-refractivity contribution in [2.45, 2.75) is 6.67 Å². The second-order valence-corrected chi connectivity index (χ2v) is 4.13. The van der Waals surface area contributed by atoms with Crippen LogP contribution in [0.4, 0.5) is 0 Å². The summed E-state index contributed by atoms with van der Waals surface area (Å²) >= 11 is 5.20. The first-order valence-electron chi connectivity index (χ1n) is 5.44. The molecule has 0 unspecified atom stereocenters. The van der Waals surface area contributed by atoms with Gasteiger partial charge in [0.1, 0.15) is 17.2 Å². The minimum absolute atomic E-state index is 0.458. The van der Waals surface area contributed by atoms with E-state index >= 15 is 0 Å². The van der Waals surface area contributed by atoms with Gasteiger partial charge in [-0.2, -0.15) is 0 Å². The van der Waals surface area contributed by atoms with Crippen LogP contribution in [0.25, 0.3) is 11.0 Å². The molecule has 1 aromatic carbocycles.